The van der Waals surface area contributed by atoms with Crippen LogP contribution in [0.5, 0.6) is 0 Å². The average Bonchev–Trinajstić information content (AvgIpc) is 2.16. The summed E-state index contributed by atoms with van der Waals surface area (Å²) in [6, 6.07) is 3.11. The molecule has 4 N–H and O–H groups in total. The second-order valence-corrected chi connectivity index (χ2v) is 2.61. The molecule has 0 radical (unpaired) electrons. The Labute approximate surface area is 73.6 Å². The van der Waals surface area contributed by atoms with E-state index in [0.717, 1.165) is 10.9 Å². The van der Waals surface area contributed by atoms with Crippen LogP contribution in [-0.2, 0) is 0 Å². The predicted molar refractivity (Wildman–Crippen MR) is 50.2 cm³/mol. The maximum absolute atomic E-state index is 11.1. The van der Waals surface area contributed by atoms with Crippen LogP contribution >= 0.6 is 0 Å². The Morgan fingerprint density at radius 1 is 1.54 bits per heavy atom. The molecule has 2 aromatic heterocycles. The lowest BCUT2D eigenvalue weighted by atomic mass is 10.2. The molecule has 0 aliphatic rings. The van der Waals surface area contributed by atoms with Crippen LogP contribution in [0.1, 0.15) is 0 Å². The van der Waals surface area contributed by atoms with Crippen molar-refractivity contribution in [3.05, 3.63) is 34.9 Å². The number of aromatic amines is 1. The van der Waals surface area contributed by atoms with Crippen molar-refractivity contribution < 1.29 is 0 Å². The van der Waals surface area contributed by atoms with Crippen LogP contribution < -0.4 is 16.8 Å². The normalized spacial score (nSPS) is 10.2. The maximum Gasteiger partial charge on any atom is 0.250 e. The monoisotopic (exact) mass is 176 g/mol. The number of hydrazine groups is 1. The first-order chi connectivity index (χ1) is 6.31. The number of hydrogen-bond donors (Lipinski definition) is 3. The van der Waals surface area contributed by atoms with Gasteiger partial charge in [0.15, 0.2) is 0 Å². The fraction of sp³-hybridized carbons (Fsp3) is 0. The molecule has 0 saturated carbocycles. The summed E-state index contributed by atoms with van der Waals surface area (Å²) in [5.41, 5.74) is 3.56. The van der Waals surface area contributed by atoms with Crippen LogP contribution in [0.15, 0.2) is 29.3 Å². The summed E-state index contributed by atoms with van der Waals surface area (Å²) in [6.45, 7) is 0. The molecule has 2 aromatic rings. The molecular weight excluding hydrogens is 168 g/mol. The van der Waals surface area contributed by atoms with Crippen molar-refractivity contribution in [3.63, 3.8) is 0 Å². The molecule has 5 heteroatoms. The first-order valence-corrected chi connectivity index (χ1v) is 3.75. The SMILES string of the molecule is NNc1cc(=O)[nH]c2ccncc12. The smallest absolute Gasteiger partial charge is 0.250 e. The molecule has 0 fully saturated rings. The summed E-state index contributed by atoms with van der Waals surface area (Å²) < 4.78 is 0. The molecule has 0 atom stereocenters. The maximum atomic E-state index is 11.1. The van der Waals surface area contributed by atoms with E-state index in [1.54, 1.807) is 18.5 Å². The number of nitrogen functional groups attached to an aromatic ring is 1. The molecule has 0 bridgehead atoms. The van der Waals surface area contributed by atoms with Crippen LogP contribution in [0.4, 0.5) is 5.69 Å². The van der Waals surface area contributed by atoms with Gasteiger partial charge in [-0.15, -0.1) is 0 Å². The molecule has 0 spiro atoms. The van der Waals surface area contributed by atoms with Gasteiger partial charge in [-0.1, -0.05) is 0 Å². The third-order valence-corrected chi connectivity index (χ3v) is 1.80. The average molecular weight is 176 g/mol. The molecular formula is C8H8N4O. The summed E-state index contributed by atoms with van der Waals surface area (Å²) in [4.78, 5) is 17.7. The minimum Gasteiger partial charge on any atom is -0.323 e. The largest absolute Gasteiger partial charge is 0.323 e. The number of pyridine rings is 2. The summed E-state index contributed by atoms with van der Waals surface area (Å²) >= 11 is 0. The van der Waals surface area contributed by atoms with Crippen LogP contribution in [0, 0.1) is 0 Å². The number of aromatic nitrogens is 2. The van der Waals surface area contributed by atoms with E-state index in [1.807, 2.05) is 0 Å². The molecule has 2 rings (SSSR count). The Morgan fingerprint density at radius 3 is 3.15 bits per heavy atom. The molecule has 0 amide bonds. The number of hydrogen-bond acceptors (Lipinski definition) is 4. The molecule has 66 valence electrons. The lowest BCUT2D eigenvalue weighted by Crippen LogP contribution is -2.12. The summed E-state index contributed by atoms with van der Waals surface area (Å²) in [6.07, 6.45) is 3.25. The van der Waals surface area contributed by atoms with Crippen LogP contribution in [0.25, 0.3) is 10.9 Å². The fourth-order valence-corrected chi connectivity index (χ4v) is 1.22. The van der Waals surface area contributed by atoms with Crippen molar-refractivity contribution in [2.75, 3.05) is 5.43 Å². The van der Waals surface area contributed by atoms with Crippen molar-refractivity contribution in [3.8, 4) is 0 Å². The highest BCUT2D eigenvalue weighted by atomic mass is 16.1. The molecule has 5 nitrogen and oxygen atoms in total. The van der Waals surface area contributed by atoms with Gasteiger partial charge in [-0.2, -0.15) is 0 Å². The van der Waals surface area contributed by atoms with E-state index in [4.69, 9.17) is 5.84 Å². The zero-order valence-electron chi connectivity index (χ0n) is 6.74. The van der Waals surface area contributed by atoms with Crippen molar-refractivity contribution in [1.82, 2.24) is 9.97 Å². The molecule has 13 heavy (non-hydrogen) atoms. The molecule has 0 aliphatic carbocycles. The molecule has 2 heterocycles. The number of nitrogens with two attached hydrogens (primary N) is 1. The van der Waals surface area contributed by atoms with Crippen molar-refractivity contribution in [2.24, 2.45) is 5.84 Å². The van der Waals surface area contributed by atoms with E-state index in [-0.39, 0.29) is 5.56 Å². The summed E-state index contributed by atoms with van der Waals surface area (Å²) in [5.74, 6) is 5.25. The number of nitrogens with zero attached hydrogens (tertiary/aromatic N) is 1. The Kier molecular flexibility index (Phi) is 1.71. The van der Waals surface area contributed by atoms with E-state index >= 15 is 0 Å². The number of fused-ring (bicyclic) bond motifs is 1. The van der Waals surface area contributed by atoms with Gasteiger partial charge < -0.3 is 10.4 Å². The minimum atomic E-state index is -0.188. The lowest BCUT2D eigenvalue weighted by Gasteiger charge is -2.03. The van der Waals surface area contributed by atoms with Gasteiger partial charge in [0.25, 0.3) is 5.56 Å². The van der Waals surface area contributed by atoms with Crippen LogP contribution in [0.3, 0.4) is 0 Å². The van der Waals surface area contributed by atoms with Gasteiger partial charge in [0.1, 0.15) is 0 Å². The molecule has 0 saturated heterocycles. The summed E-state index contributed by atoms with van der Waals surface area (Å²) in [5, 5.41) is 0.796. The first kappa shape index (κ1) is 7.75. The Balaban J connectivity index is 2.89. The second-order valence-electron chi connectivity index (χ2n) is 2.61. The standard InChI is InChI=1S/C8H8N4O/c9-12-7-3-8(13)11-6-1-2-10-4-5(6)7/h1-4H,9H2,(H2,11,12,13). The molecule has 0 aliphatic heterocycles. The Bertz CT molecular complexity index is 491. The van der Waals surface area contributed by atoms with Crippen LogP contribution in [-0.4, -0.2) is 9.97 Å². The zero-order valence-corrected chi connectivity index (χ0v) is 6.74. The van der Waals surface area contributed by atoms with Gasteiger partial charge in [-0.3, -0.25) is 15.6 Å². The molecule has 0 aromatic carbocycles. The first-order valence-electron chi connectivity index (χ1n) is 3.75. The Morgan fingerprint density at radius 2 is 2.38 bits per heavy atom. The van der Waals surface area contributed by atoms with Gasteiger partial charge >= 0.3 is 0 Å². The number of rotatable bonds is 1. The highest BCUT2D eigenvalue weighted by molar-refractivity contribution is 5.89. The highest BCUT2D eigenvalue weighted by Gasteiger charge is 2.00. The van der Waals surface area contributed by atoms with Gasteiger partial charge in [0.05, 0.1) is 11.2 Å². The van der Waals surface area contributed by atoms with E-state index in [2.05, 4.69) is 15.4 Å². The number of anilines is 1. The van der Waals surface area contributed by atoms with Crippen molar-refractivity contribution in [2.45, 2.75) is 0 Å². The number of H-pyrrole nitrogens is 1. The second kappa shape index (κ2) is 2.87. The van der Waals surface area contributed by atoms with Gasteiger partial charge in [-0.25, -0.2) is 0 Å². The van der Waals surface area contributed by atoms with Gasteiger partial charge in [0, 0.05) is 23.8 Å². The van der Waals surface area contributed by atoms with E-state index in [0.29, 0.717) is 5.69 Å². The van der Waals surface area contributed by atoms with E-state index in [1.165, 1.54) is 6.07 Å². The predicted octanol–water partition coefficient (Wildman–Crippen LogP) is 0.209. The van der Waals surface area contributed by atoms with Crippen LogP contribution in [0.2, 0.25) is 0 Å². The minimum absolute atomic E-state index is 0.188. The third kappa shape index (κ3) is 1.25. The topological polar surface area (TPSA) is 83.8 Å². The van der Waals surface area contributed by atoms with E-state index in [9.17, 15) is 4.79 Å². The van der Waals surface area contributed by atoms with Gasteiger partial charge in [0.2, 0.25) is 0 Å². The highest BCUT2D eigenvalue weighted by Crippen LogP contribution is 2.16. The van der Waals surface area contributed by atoms with Gasteiger partial charge in [-0.05, 0) is 6.07 Å². The van der Waals surface area contributed by atoms with Crippen molar-refractivity contribution in [1.29, 1.82) is 0 Å². The number of nitrogens with one attached hydrogen (secondary N) is 2. The lowest BCUT2D eigenvalue weighted by molar-refractivity contribution is 1.25. The fourth-order valence-electron chi connectivity index (χ4n) is 1.22. The van der Waals surface area contributed by atoms with Crippen molar-refractivity contribution >= 4 is 16.6 Å². The zero-order chi connectivity index (χ0) is 9.26. The van der Waals surface area contributed by atoms with E-state index < -0.39 is 0 Å². The Hall–Kier alpha value is -1.88. The summed E-state index contributed by atoms with van der Waals surface area (Å²) in [7, 11) is 0. The molecule has 0 unspecified atom stereocenters. The third-order valence-electron chi connectivity index (χ3n) is 1.80. The quantitative estimate of drug-likeness (QED) is 0.428.